The van der Waals surface area contributed by atoms with Crippen molar-refractivity contribution in [2.24, 2.45) is 0 Å². The number of fused-ring (bicyclic) bond motifs is 1. The first-order chi connectivity index (χ1) is 8.75. The fraction of sp³-hybridized carbons (Fsp3) is 0.0625. The number of hydrogen-bond donors (Lipinski definition) is 0. The van der Waals surface area contributed by atoms with Crippen LogP contribution in [-0.2, 0) is 0 Å². The van der Waals surface area contributed by atoms with Gasteiger partial charge < -0.3 is 0 Å². The Hall–Kier alpha value is -2.35. The molecule has 0 aliphatic heterocycles. The smallest absolute Gasteiger partial charge is 0.255 e. The highest BCUT2D eigenvalue weighted by Crippen LogP contribution is 2.16. The first kappa shape index (κ1) is 10.8. The van der Waals surface area contributed by atoms with E-state index in [9.17, 15) is 4.79 Å². The Morgan fingerprint density at radius 1 is 0.889 bits per heavy atom. The molecular weight excluding hydrogens is 222 g/mol. The average Bonchev–Trinajstić information content (AvgIpc) is 2.38. The van der Waals surface area contributed by atoms with Crippen LogP contribution in [0.4, 0.5) is 0 Å². The summed E-state index contributed by atoms with van der Waals surface area (Å²) in [5.41, 5.74) is 3.00. The van der Waals surface area contributed by atoms with E-state index in [1.165, 1.54) is 0 Å². The Kier molecular flexibility index (Phi) is 2.49. The summed E-state index contributed by atoms with van der Waals surface area (Å²) in [4.78, 5) is 12.1. The SMILES string of the molecule is Cc1cccc(-n2c(=O)ccc3ccccc32)c1. The Balaban J connectivity index is 2.41. The molecule has 0 bridgehead atoms. The van der Waals surface area contributed by atoms with Crippen LogP contribution in [0, 0.1) is 6.92 Å². The Labute approximate surface area is 105 Å². The molecule has 2 nitrogen and oxygen atoms in total. The van der Waals surface area contributed by atoms with Crippen LogP contribution < -0.4 is 5.56 Å². The van der Waals surface area contributed by atoms with Crippen molar-refractivity contribution in [1.82, 2.24) is 4.57 Å². The van der Waals surface area contributed by atoms with Gasteiger partial charge in [-0.2, -0.15) is 0 Å². The lowest BCUT2D eigenvalue weighted by molar-refractivity contribution is 1.04. The molecule has 0 aliphatic rings. The second-order valence-corrected chi connectivity index (χ2v) is 4.40. The van der Waals surface area contributed by atoms with Crippen LogP contribution in [0.3, 0.4) is 0 Å². The van der Waals surface area contributed by atoms with Gasteiger partial charge in [0.15, 0.2) is 0 Å². The predicted molar refractivity (Wildman–Crippen MR) is 74.3 cm³/mol. The van der Waals surface area contributed by atoms with Gasteiger partial charge in [0.25, 0.3) is 5.56 Å². The number of benzene rings is 2. The van der Waals surface area contributed by atoms with Crippen molar-refractivity contribution in [3.8, 4) is 5.69 Å². The molecule has 0 atom stereocenters. The first-order valence-electron chi connectivity index (χ1n) is 5.93. The summed E-state index contributed by atoms with van der Waals surface area (Å²) < 4.78 is 1.75. The highest BCUT2D eigenvalue weighted by atomic mass is 16.1. The van der Waals surface area contributed by atoms with Crippen molar-refractivity contribution in [2.45, 2.75) is 6.92 Å². The number of nitrogens with zero attached hydrogens (tertiary/aromatic N) is 1. The molecule has 0 unspecified atom stereocenters. The van der Waals surface area contributed by atoms with Crippen molar-refractivity contribution >= 4 is 10.9 Å². The molecule has 0 aliphatic carbocycles. The lowest BCUT2D eigenvalue weighted by atomic mass is 10.2. The van der Waals surface area contributed by atoms with Crippen LogP contribution in [0.1, 0.15) is 5.56 Å². The van der Waals surface area contributed by atoms with Crippen LogP contribution in [0.2, 0.25) is 0 Å². The monoisotopic (exact) mass is 235 g/mol. The maximum absolute atomic E-state index is 12.1. The van der Waals surface area contributed by atoms with Crippen molar-refractivity contribution in [3.05, 3.63) is 76.6 Å². The van der Waals surface area contributed by atoms with Crippen LogP contribution in [0.5, 0.6) is 0 Å². The van der Waals surface area contributed by atoms with Gasteiger partial charge in [0.1, 0.15) is 0 Å². The second kappa shape index (κ2) is 4.15. The number of para-hydroxylation sites is 1. The minimum absolute atomic E-state index is 0.000648. The van der Waals surface area contributed by atoms with E-state index in [-0.39, 0.29) is 5.56 Å². The summed E-state index contributed by atoms with van der Waals surface area (Å²) >= 11 is 0. The summed E-state index contributed by atoms with van der Waals surface area (Å²) in [5.74, 6) is 0. The normalized spacial score (nSPS) is 10.7. The lowest BCUT2D eigenvalue weighted by Gasteiger charge is -2.10. The molecule has 3 aromatic rings. The molecule has 0 amide bonds. The maximum Gasteiger partial charge on any atom is 0.255 e. The molecule has 0 spiro atoms. The molecule has 0 saturated carbocycles. The number of rotatable bonds is 1. The highest BCUT2D eigenvalue weighted by molar-refractivity contribution is 5.80. The molecule has 0 fully saturated rings. The number of aryl methyl sites for hydroxylation is 1. The van der Waals surface area contributed by atoms with Gasteiger partial charge in [-0.1, -0.05) is 30.3 Å². The van der Waals surface area contributed by atoms with Crippen molar-refractivity contribution in [2.75, 3.05) is 0 Å². The van der Waals surface area contributed by atoms with Crippen LogP contribution >= 0.6 is 0 Å². The number of hydrogen-bond acceptors (Lipinski definition) is 1. The Morgan fingerprint density at radius 2 is 1.72 bits per heavy atom. The lowest BCUT2D eigenvalue weighted by Crippen LogP contribution is -2.17. The molecule has 0 radical (unpaired) electrons. The van der Waals surface area contributed by atoms with E-state index in [0.29, 0.717) is 0 Å². The van der Waals surface area contributed by atoms with Gasteiger partial charge in [-0.25, -0.2) is 0 Å². The zero-order chi connectivity index (χ0) is 12.5. The molecule has 3 rings (SSSR count). The quantitative estimate of drug-likeness (QED) is 0.634. The number of pyridine rings is 1. The average molecular weight is 235 g/mol. The molecule has 2 aromatic carbocycles. The third-order valence-corrected chi connectivity index (χ3v) is 3.06. The Morgan fingerprint density at radius 3 is 2.56 bits per heavy atom. The zero-order valence-electron chi connectivity index (χ0n) is 10.1. The fourth-order valence-electron chi connectivity index (χ4n) is 2.22. The highest BCUT2D eigenvalue weighted by Gasteiger charge is 2.04. The Bertz CT molecular complexity index is 771. The first-order valence-corrected chi connectivity index (χ1v) is 5.93. The van der Waals surface area contributed by atoms with Crippen molar-refractivity contribution in [3.63, 3.8) is 0 Å². The molecule has 1 heterocycles. The van der Waals surface area contributed by atoms with Crippen LogP contribution in [0.15, 0.2) is 65.5 Å². The van der Waals surface area contributed by atoms with Crippen molar-refractivity contribution < 1.29 is 0 Å². The van der Waals surface area contributed by atoms with E-state index >= 15 is 0 Å². The van der Waals surface area contributed by atoms with E-state index in [1.807, 2.05) is 61.5 Å². The van der Waals surface area contributed by atoms with Gasteiger partial charge in [-0.05, 0) is 42.1 Å². The zero-order valence-corrected chi connectivity index (χ0v) is 10.1. The minimum atomic E-state index is -0.000648. The van der Waals surface area contributed by atoms with E-state index in [0.717, 1.165) is 22.2 Å². The summed E-state index contributed by atoms with van der Waals surface area (Å²) in [6.45, 7) is 2.03. The maximum atomic E-state index is 12.1. The standard InChI is InChI=1S/C16H13NO/c1-12-5-4-7-14(11-12)17-15-8-3-2-6-13(15)9-10-16(17)18/h2-11H,1H3. The molecule has 2 heteroatoms. The summed E-state index contributed by atoms with van der Waals surface area (Å²) in [6.07, 6.45) is 0. The molecule has 1 aromatic heterocycles. The van der Waals surface area contributed by atoms with E-state index < -0.39 is 0 Å². The molecular formula is C16H13NO. The van der Waals surface area contributed by atoms with Gasteiger partial charge >= 0.3 is 0 Å². The third kappa shape index (κ3) is 1.72. The van der Waals surface area contributed by atoms with Crippen LogP contribution in [0.25, 0.3) is 16.6 Å². The summed E-state index contributed by atoms with van der Waals surface area (Å²) in [6, 6.07) is 19.4. The van der Waals surface area contributed by atoms with Crippen molar-refractivity contribution in [1.29, 1.82) is 0 Å². The molecule has 88 valence electrons. The predicted octanol–water partition coefficient (Wildman–Crippen LogP) is 3.30. The van der Waals surface area contributed by atoms with E-state index in [4.69, 9.17) is 0 Å². The largest absolute Gasteiger partial charge is 0.277 e. The van der Waals surface area contributed by atoms with Gasteiger partial charge in [0.2, 0.25) is 0 Å². The van der Waals surface area contributed by atoms with Gasteiger partial charge in [-0.3, -0.25) is 9.36 Å². The van der Waals surface area contributed by atoms with E-state index in [2.05, 4.69) is 0 Å². The van der Waals surface area contributed by atoms with Crippen LogP contribution in [-0.4, -0.2) is 4.57 Å². The second-order valence-electron chi connectivity index (χ2n) is 4.40. The van der Waals surface area contributed by atoms with E-state index in [1.54, 1.807) is 10.6 Å². The molecule has 0 N–H and O–H groups in total. The topological polar surface area (TPSA) is 22.0 Å². The number of aromatic nitrogens is 1. The molecule has 18 heavy (non-hydrogen) atoms. The summed E-state index contributed by atoms with van der Waals surface area (Å²) in [7, 11) is 0. The fourth-order valence-corrected chi connectivity index (χ4v) is 2.22. The van der Waals surface area contributed by atoms with Gasteiger partial charge in [-0.15, -0.1) is 0 Å². The third-order valence-electron chi connectivity index (χ3n) is 3.06. The summed E-state index contributed by atoms with van der Waals surface area (Å²) in [5, 5.41) is 1.07. The van der Waals surface area contributed by atoms with Gasteiger partial charge in [0.05, 0.1) is 5.52 Å². The minimum Gasteiger partial charge on any atom is -0.277 e. The van der Waals surface area contributed by atoms with Gasteiger partial charge in [0, 0.05) is 11.8 Å². The molecule has 0 saturated heterocycles.